The Bertz CT molecular complexity index is 912. The van der Waals surface area contributed by atoms with Gasteiger partial charge in [0, 0.05) is 25.0 Å². The lowest BCUT2D eigenvalue weighted by Gasteiger charge is -2.34. The molecule has 6 heteroatoms. The molecule has 1 saturated heterocycles. The van der Waals surface area contributed by atoms with Crippen molar-refractivity contribution in [1.29, 1.82) is 0 Å². The van der Waals surface area contributed by atoms with E-state index < -0.39 is 0 Å². The van der Waals surface area contributed by atoms with Gasteiger partial charge in [0.1, 0.15) is 11.8 Å². The molecule has 166 valence electrons. The van der Waals surface area contributed by atoms with Gasteiger partial charge in [-0.15, -0.1) is 0 Å². The van der Waals surface area contributed by atoms with Crippen LogP contribution in [0.5, 0.6) is 0 Å². The third-order valence-corrected chi connectivity index (χ3v) is 6.32. The van der Waals surface area contributed by atoms with Crippen LogP contribution in [0.3, 0.4) is 0 Å². The lowest BCUT2D eigenvalue weighted by Crippen LogP contribution is -2.44. The van der Waals surface area contributed by atoms with Crippen molar-refractivity contribution in [3.63, 3.8) is 0 Å². The number of aryl methyl sites for hydroxylation is 1. The minimum Gasteiger partial charge on any atom is -0.467 e. The summed E-state index contributed by atoms with van der Waals surface area (Å²) >= 11 is 0. The van der Waals surface area contributed by atoms with Crippen LogP contribution in [0.1, 0.15) is 56.5 Å². The summed E-state index contributed by atoms with van der Waals surface area (Å²) in [5.74, 6) is 0.821. The number of furan rings is 1. The van der Waals surface area contributed by atoms with Crippen LogP contribution in [0.25, 0.3) is 0 Å². The van der Waals surface area contributed by atoms with Crippen molar-refractivity contribution in [3.8, 4) is 0 Å². The van der Waals surface area contributed by atoms with Crippen molar-refractivity contribution in [3.05, 3.63) is 59.5 Å². The number of hydrogen-bond acceptors (Lipinski definition) is 5. The fraction of sp³-hybridized carbons (Fsp3) is 0.520. The first-order valence-electron chi connectivity index (χ1n) is 11.3. The van der Waals surface area contributed by atoms with Crippen molar-refractivity contribution in [2.24, 2.45) is 5.10 Å². The maximum absolute atomic E-state index is 13.4. The molecular formula is C25H34N4O2. The Morgan fingerprint density at radius 1 is 1.10 bits per heavy atom. The van der Waals surface area contributed by atoms with Crippen LogP contribution in [-0.2, 0) is 4.79 Å². The van der Waals surface area contributed by atoms with Crippen LogP contribution in [0.4, 0.5) is 0 Å². The number of nitrogens with zero attached hydrogens (tertiary/aromatic N) is 4. The highest BCUT2D eigenvalue weighted by Crippen LogP contribution is 2.33. The molecule has 1 amide bonds. The molecule has 0 N–H and O–H groups in total. The van der Waals surface area contributed by atoms with Gasteiger partial charge in [-0.1, -0.05) is 29.8 Å². The normalized spacial score (nSPS) is 21.2. The highest BCUT2D eigenvalue weighted by atomic mass is 16.3. The minimum atomic E-state index is -0.183. The van der Waals surface area contributed by atoms with E-state index in [1.54, 1.807) is 11.3 Å². The number of hydrazone groups is 1. The Morgan fingerprint density at radius 3 is 2.55 bits per heavy atom. The molecule has 4 rings (SSSR count). The molecule has 1 aromatic carbocycles. The monoisotopic (exact) mass is 422 g/mol. The molecule has 0 spiro atoms. The van der Waals surface area contributed by atoms with Gasteiger partial charge in [-0.3, -0.25) is 14.6 Å². The first-order valence-corrected chi connectivity index (χ1v) is 11.3. The minimum absolute atomic E-state index is 0.0349. The third-order valence-electron chi connectivity index (χ3n) is 6.32. The number of amides is 1. The Hall–Kier alpha value is -2.44. The molecule has 1 atom stereocenters. The second-order valence-electron chi connectivity index (χ2n) is 9.67. The fourth-order valence-electron chi connectivity index (χ4n) is 4.43. The zero-order valence-corrected chi connectivity index (χ0v) is 19.2. The van der Waals surface area contributed by atoms with E-state index in [1.807, 2.05) is 12.1 Å². The van der Waals surface area contributed by atoms with Gasteiger partial charge in [0.2, 0.25) is 0 Å². The first-order chi connectivity index (χ1) is 14.8. The molecule has 2 aliphatic heterocycles. The highest BCUT2D eigenvalue weighted by Gasteiger charge is 2.35. The van der Waals surface area contributed by atoms with E-state index in [9.17, 15) is 4.79 Å². The summed E-state index contributed by atoms with van der Waals surface area (Å²) in [4.78, 5) is 18.1. The van der Waals surface area contributed by atoms with Gasteiger partial charge in [0.05, 0.1) is 18.5 Å². The molecule has 3 heterocycles. The van der Waals surface area contributed by atoms with E-state index in [2.05, 4.69) is 61.8 Å². The predicted molar refractivity (Wildman–Crippen MR) is 123 cm³/mol. The zero-order valence-electron chi connectivity index (χ0n) is 19.2. The van der Waals surface area contributed by atoms with E-state index in [-0.39, 0.29) is 17.5 Å². The van der Waals surface area contributed by atoms with E-state index in [4.69, 9.17) is 9.52 Å². The molecular weight excluding hydrogens is 388 g/mol. The predicted octanol–water partition coefficient (Wildman–Crippen LogP) is 4.07. The first kappa shape index (κ1) is 21.8. The van der Waals surface area contributed by atoms with Gasteiger partial charge in [-0.25, -0.2) is 5.01 Å². The number of carbonyl (C=O) groups excluding carboxylic acids is 1. The van der Waals surface area contributed by atoms with Crippen LogP contribution < -0.4 is 0 Å². The SMILES string of the molecule is Cc1ccc(C2=NN(C(=O)CN3CCCN(C(C)(C)C)CC3)C(c3ccco3)C2)cc1. The van der Waals surface area contributed by atoms with Crippen LogP contribution in [-0.4, -0.2) is 64.7 Å². The molecule has 0 radical (unpaired) electrons. The highest BCUT2D eigenvalue weighted by molar-refractivity contribution is 6.03. The largest absolute Gasteiger partial charge is 0.467 e. The van der Waals surface area contributed by atoms with Gasteiger partial charge in [-0.05, 0) is 64.9 Å². The maximum atomic E-state index is 13.4. The Balaban J connectivity index is 1.49. The van der Waals surface area contributed by atoms with Crippen molar-refractivity contribution < 1.29 is 9.21 Å². The molecule has 31 heavy (non-hydrogen) atoms. The molecule has 1 aromatic heterocycles. The quantitative estimate of drug-likeness (QED) is 0.745. The second kappa shape index (κ2) is 8.97. The molecule has 6 nitrogen and oxygen atoms in total. The van der Waals surface area contributed by atoms with Crippen LogP contribution in [0.2, 0.25) is 0 Å². The van der Waals surface area contributed by atoms with Gasteiger partial charge in [0.15, 0.2) is 0 Å². The van der Waals surface area contributed by atoms with Crippen molar-refractivity contribution >= 4 is 11.6 Å². The average molecular weight is 423 g/mol. The third kappa shape index (κ3) is 5.08. The summed E-state index contributed by atoms with van der Waals surface area (Å²) in [6.07, 6.45) is 3.40. The summed E-state index contributed by atoms with van der Waals surface area (Å²) in [6.45, 7) is 13.1. The van der Waals surface area contributed by atoms with Gasteiger partial charge in [0.25, 0.3) is 5.91 Å². The lowest BCUT2D eigenvalue weighted by atomic mass is 10.0. The summed E-state index contributed by atoms with van der Waals surface area (Å²) < 4.78 is 5.68. The Kier molecular flexibility index (Phi) is 6.30. The fourth-order valence-corrected chi connectivity index (χ4v) is 4.43. The van der Waals surface area contributed by atoms with Crippen LogP contribution >= 0.6 is 0 Å². The molecule has 0 bridgehead atoms. The second-order valence-corrected chi connectivity index (χ2v) is 9.67. The van der Waals surface area contributed by atoms with Crippen LogP contribution in [0.15, 0.2) is 52.2 Å². The molecule has 2 aromatic rings. The van der Waals surface area contributed by atoms with Gasteiger partial charge >= 0.3 is 0 Å². The van der Waals surface area contributed by atoms with E-state index >= 15 is 0 Å². The zero-order chi connectivity index (χ0) is 22.0. The summed E-state index contributed by atoms with van der Waals surface area (Å²) in [5, 5.41) is 6.43. The Labute approximate surface area is 185 Å². The summed E-state index contributed by atoms with van der Waals surface area (Å²) in [5.41, 5.74) is 3.37. The number of carbonyl (C=O) groups is 1. The van der Waals surface area contributed by atoms with E-state index in [0.717, 1.165) is 49.6 Å². The van der Waals surface area contributed by atoms with E-state index in [0.29, 0.717) is 13.0 Å². The topological polar surface area (TPSA) is 52.3 Å². The summed E-state index contributed by atoms with van der Waals surface area (Å²) in [6, 6.07) is 12.0. The van der Waals surface area contributed by atoms with Gasteiger partial charge in [-0.2, -0.15) is 5.10 Å². The molecule has 1 fully saturated rings. The molecule has 2 aliphatic rings. The smallest absolute Gasteiger partial charge is 0.257 e. The summed E-state index contributed by atoms with van der Waals surface area (Å²) in [7, 11) is 0. The number of rotatable bonds is 4. The van der Waals surface area contributed by atoms with Crippen molar-refractivity contribution in [2.75, 3.05) is 32.7 Å². The molecule has 1 unspecified atom stereocenters. The van der Waals surface area contributed by atoms with E-state index in [1.165, 1.54) is 5.56 Å². The lowest BCUT2D eigenvalue weighted by molar-refractivity contribution is -0.134. The van der Waals surface area contributed by atoms with Crippen molar-refractivity contribution in [2.45, 2.75) is 52.1 Å². The van der Waals surface area contributed by atoms with Gasteiger partial charge < -0.3 is 4.42 Å². The standard InChI is InChI=1S/C25H34N4O2/c1-19-8-10-20(11-9-19)21-17-22(23-7-5-16-31-23)29(26-21)24(30)18-27-12-6-13-28(15-14-27)25(2,3)4/h5,7-11,16,22H,6,12-15,17-18H2,1-4H3. The number of hydrogen-bond donors (Lipinski definition) is 0. The molecule has 0 aliphatic carbocycles. The number of benzene rings is 1. The maximum Gasteiger partial charge on any atom is 0.257 e. The van der Waals surface area contributed by atoms with Crippen LogP contribution in [0, 0.1) is 6.92 Å². The Morgan fingerprint density at radius 2 is 1.87 bits per heavy atom. The van der Waals surface area contributed by atoms with Crippen molar-refractivity contribution in [1.82, 2.24) is 14.8 Å². The molecule has 0 saturated carbocycles. The average Bonchev–Trinajstić information content (AvgIpc) is 3.34.